The topological polar surface area (TPSA) is 79.1 Å². The summed E-state index contributed by atoms with van der Waals surface area (Å²) in [6, 6.07) is 12.2. The van der Waals surface area contributed by atoms with E-state index < -0.39 is 18.6 Å². The molecule has 0 N–H and O–H groups in total. The molecule has 4 rings (SSSR count). The molecule has 35 heavy (non-hydrogen) atoms. The summed E-state index contributed by atoms with van der Waals surface area (Å²) >= 11 is 1.19. The lowest BCUT2D eigenvalue weighted by atomic mass is 9.96. The van der Waals surface area contributed by atoms with Gasteiger partial charge in [-0.1, -0.05) is 35.6 Å². The molecule has 2 aromatic carbocycles. The predicted octanol–water partition coefficient (Wildman–Crippen LogP) is 3.41. The van der Waals surface area contributed by atoms with Gasteiger partial charge in [0.05, 0.1) is 35.6 Å². The van der Waals surface area contributed by atoms with Crippen LogP contribution in [0, 0.1) is 0 Å². The van der Waals surface area contributed by atoms with Crippen molar-refractivity contribution in [3.8, 4) is 11.5 Å². The lowest BCUT2D eigenvalue weighted by Crippen LogP contribution is -2.39. The number of halogens is 2. The second-order valence-electron chi connectivity index (χ2n) is 7.52. The van der Waals surface area contributed by atoms with Gasteiger partial charge in [0.2, 0.25) is 0 Å². The van der Waals surface area contributed by atoms with E-state index in [1.165, 1.54) is 28.0 Å². The Morgan fingerprint density at radius 3 is 2.40 bits per heavy atom. The number of fused-ring (bicyclic) bond motifs is 1. The third-order valence-corrected chi connectivity index (χ3v) is 6.33. The van der Waals surface area contributed by atoms with Crippen LogP contribution in [0.1, 0.15) is 31.0 Å². The van der Waals surface area contributed by atoms with Crippen LogP contribution in [0.5, 0.6) is 11.5 Å². The fourth-order valence-corrected chi connectivity index (χ4v) is 4.84. The van der Waals surface area contributed by atoms with Crippen molar-refractivity contribution in [3.05, 3.63) is 90.6 Å². The van der Waals surface area contributed by atoms with Crippen LogP contribution in [-0.2, 0) is 9.53 Å². The number of thiazole rings is 1. The van der Waals surface area contributed by atoms with E-state index in [2.05, 4.69) is 9.73 Å². The van der Waals surface area contributed by atoms with Gasteiger partial charge in [0, 0.05) is 0 Å². The molecular formula is C25H22F2N2O5S. The van der Waals surface area contributed by atoms with Crippen LogP contribution in [-0.4, -0.2) is 30.9 Å². The Bertz CT molecular complexity index is 1440. The minimum Gasteiger partial charge on any atom is -0.497 e. The SMILES string of the molecule is CCOC(=O)C1=C(C)N=c2s/c(=C/c3ccc(OC)cc3)c(=O)n2[C@@H]1c1ccc(OC(F)F)cc1. The van der Waals surface area contributed by atoms with Crippen LogP contribution in [0.4, 0.5) is 8.78 Å². The Labute approximate surface area is 203 Å². The summed E-state index contributed by atoms with van der Waals surface area (Å²) in [4.78, 5) is 31.3. The first-order valence-electron chi connectivity index (χ1n) is 10.7. The number of esters is 1. The number of allylic oxidation sites excluding steroid dienone is 1. The van der Waals surface area contributed by atoms with Crippen molar-refractivity contribution in [1.29, 1.82) is 0 Å². The van der Waals surface area contributed by atoms with Gasteiger partial charge in [-0.25, -0.2) is 9.79 Å². The number of hydrogen-bond donors (Lipinski definition) is 0. The van der Waals surface area contributed by atoms with E-state index in [9.17, 15) is 18.4 Å². The fraction of sp³-hybridized carbons (Fsp3) is 0.240. The number of benzene rings is 2. The quantitative estimate of drug-likeness (QED) is 0.465. The summed E-state index contributed by atoms with van der Waals surface area (Å²) in [7, 11) is 1.57. The minimum absolute atomic E-state index is 0.0333. The smallest absolute Gasteiger partial charge is 0.387 e. The van der Waals surface area contributed by atoms with E-state index >= 15 is 0 Å². The van der Waals surface area contributed by atoms with Crippen LogP contribution < -0.4 is 24.4 Å². The van der Waals surface area contributed by atoms with Crippen molar-refractivity contribution < 1.29 is 27.8 Å². The van der Waals surface area contributed by atoms with Crippen LogP contribution in [0.15, 0.2) is 69.6 Å². The highest BCUT2D eigenvalue weighted by molar-refractivity contribution is 7.07. The predicted molar refractivity (Wildman–Crippen MR) is 126 cm³/mol. The third kappa shape index (κ3) is 5.02. The van der Waals surface area contributed by atoms with Gasteiger partial charge < -0.3 is 14.2 Å². The number of alkyl halides is 2. The van der Waals surface area contributed by atoms with E-state index in [0.29, 0.717) is 26.3 Å². The molecule has 10 heteroatoms. The number of aromatic nitrogens is 1. The molecule has 1 aliphatic heterocycles. The Kier molecular flexibility index (Phi) is 7.11. The number of rotatable bonds is 7. The molecule has 0 aliphatic carbocycles. The first kappa shape index (κ1) is 24.3. The van der Waals surface area contributed by atoms with E-state index in [1.807, 2.05) is 12.1 Å². The van der Waals surface area contributed by atoms with E-state index in [0.717, 1.165) is 5.56 Å². The molecule has 0 unspecified atom stereocenters. The van der Waals surface area contributed by atoms with Crippen molar-refractivity contribution in [2.24, 2.45) is 4.99 Å². The molecule has 2 heterocycles. The summed E-state index contributed by atoms with van der Waals surface area (Å²) in [6.45, 7) is 0.539. The number of hydrogen-bond acceptors (Lipinski definition) is 7. The van der Waals surface area contributed by atoms with Gasteiger partial charge in [0.15, 0.2) is 4.80 Å². The monoisotopic (exact) mass is 500 g/mol. The molecular weight excluding hydrogens is 478 g/mol. The normalized spacial score (nSPS) is 15.6. The molecule has 1 aromatic heterocycles. The minimum atomic E-state index is -2.96. The van der Waals surface area contributed by atoms with Crippen LogP contribution in [0.3, 0.4) is 0 Å². The molecule has 0 radical (unpaired) electrons. The summed E-state index contributed by atoms with van der Waals surface area (Å²) in [5, 5.41) is 0. The maximum Gasteiger partial charge on any atom is 0.387 e. The molecule has 0 bridgehead atoms. The maximum atomic E-state index is 13.5. The van der Waals surface area contributed by atoms with Gasteiger partial charge in [0.1, 0.15) is 11.5 Å². The van der Waals surface area contributed by atoms with Gasteiger partial charge in [-0.3, -0.25) is 9.36 Å². The molecule has 0 saturated carbocycles. The van der Waals surface area contributed by atoms with Crippen LogP contribution in [0.2, 0.25) is 0 Å². The molecule has 0 spiro atoms. The summed E-state index contributed by atoms with van der Waals surface area (Å²) in [5.41, 5.74) is 1.61. The number of carbonyl (C=O) groups is 1. The highest BCUT2D eigenvalue weighted by Crippen LogP contribution is 2.31. The highest BCUT2D eigenvalue weighted by Gasteiger charge is 2.33. The van der Waals surface area contributed by atoms with E-state index in [1.54, 1.807) is 51.3 Å². The van der Waals surface area contributed by atoms with Crippen molar-refractivity contribution in [3.63, 3.8) is 0 Å². The highest BCUT2D eigenvalue weighted by atomic mass is 32.1. The van der Waals surface area contributed by atoms with Crippen molar-refractivity contribution >= 4 is 23.4 Å². The lowest BCUT2D eigenvalue weighted by Gasteiger charge is -2.24. The number of carbonyl (C=O) groups excluding carboxylic acids is 1. The third-order valence-electron chi connectivity index (χ3n) is 5.35. The van der Waals surface area contributed by atoms with E-state index in [4.69, 9.17) is 9.47 Å². The van der Waals surface area contributed by atoms with Gasteiger partial charge in [0.25, 0.3) is 5.56 Å². The molecule has 0 saturated heterocycles. The summed E-state index contributed by atoms with van der Waals surface area (Å²) in [5.74, 6) is 0.0581. The molecule has 0 amide bonds. The summed E-state index contributed by atoms with van der Waals surface area (Å²) in [6.07, 6.45) is 1.74. The molecule has 182 valence electrons. The Morgan fingerprint density at radius 1 is 1.14 bits per heavy atom. The van der Waals surface area contributed by atoms with Crippen molar-refractivity contribution in [2.45, 2.75) is 26.5 Å². The zero-order valence-corrected chi connectivity index (χ0v) is 20.0. The largest absolute Gasteiger partial charge is 0.497 e. The van der Waals surface area contributed by atoms with Crippen LogP contribution >= 0.6 is 11.3 Å². The molecule has 7 nitrogen and oxygen atoms in total. The number of ether oxygens (including phenoxy) is 3. The second kappa shape index (κ2) is 10.2. The standard InChI is InChI=1S/C25H22F2N2O5S/c1-4-33-23(31)20-14(2)28-25-29(21(20)16-7-11-18(12-8-16)34-24(26)27)22(30)19(35-25)13-15-5-9-17(32-3)10-6-15/h5-13,21,24H,4H2,1-3H3/b19-13+/t21-/m1/s1. The van der Waals surface area contributed by atoms with Gasteiger partial charge >= 0.3 is 12.6 Å². The zero-order chi connectivity index (χ0) is 25.1. The molecule has 0 fully saturated rings. The average Bonchev–Trinajstić information content (AvgIpc) is 3.13. The zero-order valence-electron chi connectivity index (χ0n) is 19.2. The summed E-state index contributed by atoms with van der Waals surface area (Å²) < 4.78 is 41.9. The molecule has 1 atom stereocenters. The maximum absolute atomic E-state index is 13.5. The van der Waals surface area contributed by atoms with Gasteiger partial charge in [-0.15, -0.1) is 0 Å². The second-order valence-corrected chi connectivity index (χ2v) is 8.53. The lowest BCUT2D eigenvalue weighted by molar-refractivity contribution is -0.139. The van der Waals surface area contributed by atoms with Gasteiger partial charge in [-0.05, 0) is 55.3 Å². The Hall–Kier alpha value is -3.79. The fourth-order valence-electron chi connectivity index (χ4n) is 3.79. The first-order chi connectivity index (χ1) is 16.8. The Morgan fingerprint density at radius 2 is 1.80 bits per heavy atom. The van der Waals surface area contributed by atoms with Gasteiger partial charge in [-0.2, -0.15) is 8.78 Å². The van der Waals surface area contributed by atoms with Crippen LogP contribution in [0.25, 0.3) is 6.08 Å². The van der Waals surface area contributed by atoms with Crippen molar-refractivity contribution in [2.75, 3.05) is 13.7 Å². The molecule has 1 aliphatic rings. The van der Waals surface area contributed by atoms with Crippen molar-refractivity contribution in [1.82, 2.24) is 4.57 Å². The first-order valence-corrected chi connectivity index (χ1v) is 11.5. The number of nitrogens with zero attached hydrogens (tertiary/aromatic N) is 2. The average molecular weight is 501 g/mol. The number of methoxy groups -OCH3 is 1. The molecule has 3 aromatic rings. The Balaban J connectivity index is 1.87. The van der Waals surface area contributed by atoms with E-state index in [-0.39, 0.29) is 23.5 Å².